The first-order valence-corrected chi connectivity index (χ1v) is 19.9. The Kier molecular flexibility index (Phi) is 9.62. The van der Waals surface area contributed by atoms with E-state index in [2.05, 4.69) is 55.0 Å². The molecule has 12 atom stereocenters. The molecule has 1 heterocycles. The predicted molar refractivity (Wildman–Crippen MR) is 187 cm³/mol. The third-order valence-electron chi connectivity index (χ3n) is 16.5. The van der Waals surface area contributed by atoms with Crippen LogP contribution >= 0.6 is 0 Å². The minimum absolute atomic E-state index is 0.0404. The summed E-state index contributed by atoms with van der Waals surface area (Å²) in [7, 11) is 0. The van der Waals surface area contributed by atoms with Crippen molar-refractivity contribution < 1.29 is 24.2 Å². The number of rotatable bonds is 12. The Hall–Kier alpha value is -1.36. The first kappa shape index (κ1) is 35.5. The number of hydrogen-bond acceptors (Lipinski definition) is 5. The number of aliphatic hydroxyl groups excluding tert-OH is 1. The van der Waals surface area contributed by atoms with Gasteiger partial charge in [0.2, 0.25) is 0 Å². The van der Waals surface area contributed by atoms with Crippen LogP contribution in [0, 0.1) is 56.7 Å². The quantitative estimate of drug-likeness (QED) is 0.129. The predicted octanol–water partition coefficient (Wildman–Crippen LogP) is 9.98. The number of hydrogen-bond donors (Lipinski definition) is 1. The van der Waals surface area contributed by atoms with Crippen molar-refractivity contribution >= 4 is 11.9 Å². The second kappa shape index (κ2) is 12.8. The molecule has 0 aromatic rings. The maximum atomic E-state index is 14.0. The van der Waals surface area contributed by atoms with Gasteiger partial charge >= 0.3 is 11.9 Å². The van der Waals surface area contributed by atoms with Crippen molar-refractivity contribution in [3.63, 3.8) is 0 Å². The molecular formula is C42H68O5. The van der Waals surface area contributed by atoms with Gasteiger partial charge in [-0.25, -0.2) is 0 Å². The average molecular weight is 653 g/mol. The van der Waals surface area contributed by atoms with Crippen LogP contribution in [-0.2, 0) is 19.1 Å². The maximum Gasteiger partial charge on any atom is 0.316 e. The van der Waals surface area contributed by atoms with Gasteiger partial charge in [0.25, 0.3) is 0 Å². The number of aliphatic hydroxyl groups is 1. The fraction of sp³-hybridized carbons (Fsp3) is 0.905. The zero-order chi connectivity index (χ0) is 34.0. The summed E-state index contributed by atoms with van der Waals surface area (Å²) in [4.78, 5) is 27.4. The lowest BCUT2D eigenvalue weighted by Crippen LogP contribution is -2.67. The van der Waals surface area contributed by atoms with E-state index < -0.39 is 17.6 Å². The number of carbonyl (C=O) groups is 2. The van der Waals surface area contributed by atoms with Gasteiger partial charge in [-0.05, 0) is 110 Å². The Labute approximate surface area is 286 Å². The van der Waals surface area contributed by atoms with Crippen molar-refractivity contribution in [2.45, 2.75) is 182 Å². The largest absolute Gasteiger partial charge is 0.457 e. The Morgan fingerprint density at radius 3 is 2.17 bits per heavy atom. The highest BCUT2D eigenvalue weighted by molar-refractivity contribution is 5.84. The van der Waals surface area contributed by atoms with Gasteiger partial charge in [-0.2, -0.15) is 0 Å². The molecule has 0 aromatic heterocycles. The minimum atomic E-state index is -0.742. The second-order valence-corrected chi connectivity index (χ2v) is 18.8. The van der Waals surface area contributed by atoms with Crippen LogP contribution in [-0.4, -0.2) is 35.4 Å². The fourth-order valence-electron chi connectivity index (χ4n) is 13.9. The Bertz CT molecular complexity index is 1210. The standard InChI is InChI=1S/C42H68O5/c1-9-10-11-12-13-14-15-16-17-18-32(44)46-36-35-33(27(2)3)34-28-19-20-30-39(6)23-22-31(43)38(4,5)29(39)21-24-41(30,8)40(28,7)25-26-42(34,36)37(45)47-35/h28-31,33-36,43H,2,9-26H2,1,3-8H3/t28-,29+,30-,31-,33+,34+,35-,36-,39+,40-,41-,42+/m1/s1. The molecule has 0 radical (unpaired) electrons. The van der Waals surface area contributed by atoms with Crippen molar-refractivity contribution in [1.82, 2.24) is 0 Å². The molecule has 6 rings (SSSR count). The van der Waals surface area contributed by atoms with Crippen molar-refractivity contribution in [1.29, 1.82) is 0 Å². The molecule has 6 aliphatic rings. The van der Waals surface area contributed by atoms with E-state index in [1.165, 1.54) is 64.2 Å². The zero-order valence-electron chi connectivity index (χ0n) is 31.1. The molecule has 0 amide bonds. The molecule has 47 heavy (non-hydrogen) atoms. The van der Waals surface area contributed by atoms with E-state index in [0.29, 0.717) is 24.2 Å². The van der Waals surface area contributed by atoms with E-state index >= 15 is 0 Å². The summed E-state index contributed by atoms with van der Waals surface area (Å²) in [6, 6.07) is 0. The van der Waals surface area contributed by atoms with Crippen LogP contribution < -0.4 is 0 Å². The van der Waals surface area contributed by atoms with Gasteiger partial charge in [0.1, 0.15) is 11.5 Å². The highest BCUT2D eigenvalue weighted by Crippen LogP contribution is 2.78. The maximum absolute atomic E-state index is 14.0. The molecule has 1 N–H and O–H groups in total. The van der Waals surface area contributed by atoms with Gasteiger partial charge in [-0.1, -0.05) is 105 Å². The lowest BCUT2D eigenvalue weighted by Gasteiger charge is -2.72. The number of esters is 2. The lowest BCUT2D eigenvalue weighted by atomic mass is 9.32. The first-order chi connectivity index (χ1) is 22.2. The van der Waals surface area contributed by atoms with Crippen molar-refractivity contribution in [3.8, 4) is 0 Å². The van der Waals surface area contributed by atoms with E-state index in [1.807, 2.05) is 0 Å². The van der Waals surface area contributed by atoms with Crippen LogP contribution in [0.4, 0.5) is 0 Å². The molecule has 266 valence electrons. The van der Waals surface area contributed by atoms with Crippen LogP contribution in [0.3, 0.4) is 0 Å². The van der Waals surface area contributed by atoms with Crippen LogP contribution in [0.5, 0.6) is 0 Å². The number of carbonyl (C=O) groups excluding carboxylic acids is 2. The zero-order valence-corrected chi connectivity index (χ0v) is 31.1. The van der Waals surface area contributed by atoms with E-state index in [9.17, 15) is 14.7 Å². The molecule has 1 aliphatic heterocycles. The number of unbranched alkanes of at least 4 members (excludes halogenated alkanes) is 8. The van der Waals surface area contributed by atoms with Crippen molar-refractivity contribution in [3.05, 3.63) is 12.2 Å². The van der Waals surface area contributed by atoms with Gasteiger partial charge in [-0.15, -0.1) is 0 Å². The molecule has 5 aliphatic carbocycles. The molecule has 1 saturated heterocycles. The fourth-order valence-corrected chi connectivity index (χ4v) is 13.9. The summed E-state index contributed by atoms with van der Waals surface area (Å²) in [5, 5.41) is 11.1. The normalized spacial score (nSPS) is 46.1. The van der Waals surface area contributed by atoms with Gasteiger partial charge in [0.05, 0.1) is 6.10 Å². The monoisotopic (exact) mass is 653 g/mol. The summed E-state index contributed by atoms with van der Waals surface area (Å²) in [5.74, 6) is 1.40. The summed E-state index contributed by atoms with van der Waals surface area (Å²) in [6.45, 7) is 21.2. The molecule has 0 aromatic carbocycles. The summed E-state index contributed by atoms with van der Waals surface area (Å²) >= 11 is 0. The number of fused-ring (bicyclic) bond motifs is 7. The van der Waals surface area contributed by atoms with Crippen LogP contribution in [0.2, 0.25) is 0 Å². The van der Waals surface area contributed by atoms with Crippen LogP contribution in [0.15, 0.2) is 12.2 Å². The number of ether oxygens (including phenoxy) is 2. The topological polar surface area (TPSA) is 72.8 Å². The SMILES string of the molecule is C=C(C)[C@@H]1[C@H]2OC(=O)[C@]3(CC[C@]4(C)[C@H](CC[C@@H]5[C@@]6(C)CC[C@@H](O)C(C)(C)[C@@H]6CC[C@]54C)[C@@H]13)[C@@H]2OC(=O)CCCCCCCCCCC. The van der Waals surface area contributed by atoms with E-state index in [0.717, 1.165) is 50.5 Å². The van der Waals surface area contributed by atoms with Gasteiger partial charge in [-0.3, -0.25) is 9.59 Å². The van der Waals surface area contributed by atoms with Crippen molar-refractivity contribution in [2.75, 3.05) is 0 Å². The van der Waals surface area contributed by atoms with Gasteiger partial charge in [0.15, 0.2) is 6.10 Å². The Morgan fingerprint density at radius 1 is 0.851 bits per heavy atom. The Balaban J connectivity index is 1.19. The molecule has 0 unspecified atom stereocenters. The smallest absolute Gasteiger partial charge is 0.316 e. The molecular weight excluding hydrogens is 584 g/mol. The van der Waals surface area contributed by atoms with Crippen LogP contribution in [0.25, 0.3) is 0 Å². The van der Waals surface area contributed by atoms with E-state index in [4.69, 9.17) is 9.47 Å². The third kappa shape index (κ3) is 5.22. The molecule has 5 nitrogen and oxygen atoms in total. The molecule has 2 bridgehead atoms. The van der Waals surface area contributed by atoms with E-state index in [-0.39, 0.29) is 51.5 Å². The lowest BCUT2D eigenvalue weighted by molar-refractivity contribution is -0.252. The molecule has 5 heteroatoms. The summed E-state index contributed by atoms with van der Waals surface area (Å²) in [5.41, 5.74) is 0.733. The second-order valence-electron chi connectivity index (χ2n) is 18.8. The highest BCUT2D eigenvalue weighted by atomic mass is 16.6. The van der Waals surface area contributed by atoms with Gasteiger partial charge < -0.3 is 14.6 Å². The van der Waals surface area contributed by atoms with Gasteiger partial charge in [0, 0.05) is 12.3 Å². The van der Waals surface area contributed by atoms with Crippen molar-refractivity contribution in [2.24, 2.45) is 56.7 Å². The van der Waals surface area contributed by atoms with Crippen LogP contribution in [0.1, 0.15) is 164 Å². The highest BCUT2D eigenvalue weighted by Gasteiger charge is 2.80. The summed E-state index contributed by atoms with van der Waals surface area (Å²) in [6.07, 6.45) is 18.6. The Morgan fingerprint density at radius 2 is 1.51 bits per heavy atom. The third-order valence-corrected chi connectivity index (χ3v) is 16.5. The first-order valence-electron chi connectivity index (χ1n) is 19.9. The molecule has 5 saturated carbocycles. The van der Waals surface area contributed by atoms with E-state index in [1.54, 1.807) is 0 Å². The molecule has 6 fully saturated rings. The molecule has 1 spiro atoms. The minimum Gasteiger partial charge on any atom is -0.457 e. The average Bonchev–Trinajstić information content (AvgIpc) is 3.43. The summed E-state index contributed by atoms with van der Waals surface area (Å²) < 4.78 is 12.6.